The number of hydrogen-bond donors (Lipinski definition) is 2. The predicted octanol–water partition coefficient (Wildman–Crippen LogP) is 1.56. The summed E-state index contributed by atoms with van der Waals surface area (Å²) in [5.41, 5.74) is 0.618. The lowest BCUT2D eigenvalue weighted by Crippen LogP contribution is -2.17. The van der Waals surface area contributed by atoms with Gasteiger partial charge in [-0.1, -0.05) is 6.07 Å². The highest BCUT2D eigenvalue weighted by Gasteiger charge is 2.48. The van der Waals surface area contributed by atoms with E-state index in [0.29, 0.717) is 17.7 Å². The molecule has 2 rings (SSSR count). The second-order valence-electron chi connectivity index (χ2n) is 4.48. The fourth-order valence-electron chi connectivity index (χ4n) is 1.94. The number of nitro groups is 1. The number of carbonyl (C=O) groups excluding carboxylic acids is 1. The molecule has 0 saturated heterocycles. The van der Waals surface area contributed by atoms with Gasteiger partial charge in [-0.15, -0.1) is 0 Å². The maximum Gasteiger partial charge on any atom is 0.307 e. The van der Waals surface area contributed by atoms with Crippen molar-refractivity contribution in [3.05, 3.63) is 33.9 Å². The number of aliphatic carboxylic acids is 1. The van der Waals surface area contributed by atoms with E-state index in [4.69, 9.17) is 5.11 Å². The quantitative estimate of drug-likeness (QED) is 0.633. The summed E-state index contributed by atoms with van der Waals surface area (Å²) in [6.45, 7) is 1.54. The number of hydrogen-bond acceptors (Lipinski definition) is 4. The Kier molecular flexibility index (Phi) is 3.20. The molecule has 1 aromatic rings. The summed E-state index contributed by atoms with van der Waals surface area (Å²) in [7, 11) is 0. The Hall–Kier alpha value is -2.44. The summed E-state index contributed by atoms with van der Waals surface area (Å²) in [5, 5.41) is 22.0. The van der Waals surface area contributed by atoms with Gasteiger partial charge in [-0.25, -0.2) is 0 Å². The number of carbonyl (C=O) groups is 2. The van der Waals surface area contributed by atoms with Crippen LogP contribution in [0.15, 0.2) is 18.2 Å². The normalized spacial score (nSPS) is 20.7. The van der Waals surface area contributed by atoms with E-state index < -0.39 is 28.6 Å². The number of carboxylic acid groups (broad SMARTS) is 1. The fourth-order valence-corrected chi connectivity index (χ4v) is 1.94. The average molecular weight is 264 g/mol. The first-order valence-corrected chi connectivity index (χ1v) is 5.69. The first-order chi connectivity index (χ1) is 8.91. The van der Waals surface area contributed by atoms with Crippen molar-refractivity contribution in [2.24, 2.45) is 11.8 Å². The molecule has 0 aliphatic heterocycles. The van der Waals surface area contributed by atoms with Crippen molar-refractivity contribution in [1.29, 1.82) is 0 Å². The van der Waals surface area contributed by atoms with Crippen molar-refractivity contribution in [2.75, 3.05) is 5.32 Å². The molecule has 0 spiro atoms. The van der Waals surface area contributed by atoms with E-state index in [2.05, 4.69) is 5.32 Å². The van der Waals surface area contributed by atoms with Crippen LogP contribution in [0.2, 0.25) is 0 Å². The molecule has 1 aliphatic rings. The maximum atomic E-state index is 11.8. The van der Waals surface area contributed by atoms with Crippen LogP contribution in [0.3, 0.4) is 0 Å². The molecule has 0 unspecified atom stereocenters. The molecule has 19 heavy (non-hydrogen) atoms. The topological polar surface area (TPSA) is 110 Å². The third kappa shape index (κ3) is 2.54. The standard InChI is InChI=1S/C12H12N2O5/c1-6-9(3-2-4-10(6)14(18)19)13-11(15)7-5-8(7)12(16)17/h2-4,7-8H,5H2,1H3,(H,13,15)(H,16,17)/t7-,8+/m1/s1. The van der Waals surface area contributed by atoms with Gasteiger partial charge in [-0.05, 0) is 19.4 Å². The molecule has 7 nitrogen and oxygen atoms in total. The van der Waals surface area contributed by atoms with Crippen LogP contribution in [0.1, 0.15) is 12.0 Å². The van der Waals surface area contributed by atoms with Gasteiger partial charge in [0.25, 0.3) is 5.69 Å². The van der Waals surface area contributed by atoms with Crippen molar-refractivity contribution < 1.29 is 19.6 Å². The van der Waals surface area contributed by atoms with Gasteiger partial charge in [0, 0.05) is 6.07 Å². The fraction of sp³-hybridized carbons (Fsp3) is 0.333. The SMILES string of the molecule is Cc1c(NC(=O)[C@@H]2C[C@@H]2C(=O)O)cccc1[N+](=O)[O-]. The Balaban J connectivity index is 2.12. The third-order valence-electron chi connectivity index (χ3n) is 3.20. The number of benzene rings is 1. The zero-order chi connectivity index (χ0) is 14.2. The number of anilines is 1. The van der Waals surface area contributed by atoms with Crippen molar-refractivity contribution >= 4 is 23.3 Å². The van der Waals surface area contributed by atoms with Gasteiger partial charge in [-0.3, -0.25) is 19.7 Å². The second kappa shape index (κ2) is 4.68. The van der Waals surface area contributed by atoms with Gasteiger partial charge in [0.05, 0.1) is 28.0 Å². The van der Waals surface area contributed by atoms with Crippen molar-refractivity contribution in [2.45, 2.75) is 13.3 Å². The van der Waals surface area contributed by atoms with E-state index >= 15 is 0 Å². The molecule has 1 fully saturated rings. The summed E-state index contributed by atoms with van der Waals surface area (Å²) < 4.78 is 0. The second-order valence-corrected chi connectivity index (χ2v) is 4.48. The molecular weight excluding hydrogens is 252 g/mol. The van der Waals surface area contributed by atoms with Gasteiger partial charge in [0.1, 0.15) is 0 Å². The highest BCUT2D eigenvalue weighted by atomic mass is 16.6. The minimum absolute atomic E-state index is 0.0802. The minimum atomic E-state index is -0.990. The summed E-state index contributed by atoms with van der Waals surface area (Å²) in [5.74, 6) is -2.58. The summed E-state index contributed by atoms with van der Waals surface area (Å²) >= 11 is 0. The molecule has 1 aliphatic carbocycles. The molecule has 100 valence electrons. The average Bonchev–Trinajstić information content (AvgIpc) is 3.11. The van der Waals surface area contributed by atoms with E-state index in [9.17, 15) is 19.7 Å². The number of nitro benzene ring substituents is 1. The maximum absolute atomic E-state index is 11.8. The largest absolute Gasteiger partial charge is 0.481 e. The van der Waals surface area contributed by atoms with Gasteiger partial charge in [0.15, 0.2) is 0 Å². The van der Waals surface area contributed by atoms with Crippen LogP contribution in [-0.4, -0.2) is 21.9 Å². The van der Waals surface area contributed by atoms with Gasteiger partial charge < -0.3 is 10.4 Å². The molecule has 1 aromatic carbocycles. The smallest absolute Gasteiger partial charge is 0.307 e. The Bertz CT molecular complexity index is 569. The summed E-state index contributed by atoms with van der Waals surface area (Å²) in [6.07, 6.45) is 0.315. The predicted molar refractivity (Wildman–Crippen MR) is 65.7 cm³/mol. The molecule has 2 atom stereocenters. The number of nitrogens with one attached hydrogen (secondary N) is 1. The Labute approximate surface area is 108 Å². The van der Waals surface area contributed by atoms with E-state index in [1.54, 1.807) is 6.07 Å². The van der Waals surface area contributed by atoms with Crippen LogP contribution in [0.5, 0.6) is 0 Å². The molecule has 0 bridgehead atoms. The number of amides is 1. The Morgan fingerprint density at radius 2 is 2.11 bits per heavy atom. The van der Waals surface area contributed by atoms with Crippen LogP contribution in [0.4, 0.5) is 11.4 Å². The number of nitrogens with zero attached hydrogens (tertiary/aromatic N) is 1. The first-order valence-electron chi connectivity index (χ1n) is 5.69. The van der Waals surface area contributed by atoms with E-state index in [0.717, 1.165) is 0 Å². The van der Waals surface area contributed by atoms with Crippen LogP contribution < -0.4 is 5.32 Å². The third-order valence-corrected chi connectivity index (χ3v) is 3.20. The molecule has 0 aromatic heterocycles. The van der Waals surface area contributed by atoms with Crippen LogP contribution in [0.25, 0.3) is 0 Å². The Morgan fingerprint density at radius 1 is 1.42 bits per heavy atom. The summed E-state index contributed by atoms with van der Waals surface area (Å²) in [4.78, 5) is 32.7. The lowest BCUT2D eigenvalue weighted by molar-refractivity contribution is -0.385. The molecule has 1 saturated carbocycles. The van der Waals surface area contributed by atoms with Crippen molar-refractivity contribution in [3.8, 4) is 0 Å². The minimum Gasteiger partial charge on any atom is -0.481 e. The monoisotopic (exact) mass is 264 g/mol. The molecule has 2 N–H and O–H groups in total. The lowest BCUT2D eigenvalue weighted by Gasteiger charge is -2.07. The zero-order valence-electron chi connectivity index (χ0n) is 10.1. The van der Waals surface area contributed by atoms with Gasteiger partial charge in [-0.2, -0.15) is 0 Å². The highest BCUT2D eigenvalue weighted by molar-refractivity contribution is 5.99. The van der Waals surface area contributed by atoms with Crippen LogP contribution in [-0.2, 0) is 9.59 Å². The molecule has 7 heteroatoms. The molecule has 0 heterocycles. The highest BCUT2D eigenvalue weighted by Crippen LogP contribution is 2.39. The van der Waals surface area contributed by atoms with E-state index in [1.807, 2.05) is 0 Å². The number of rotatable bonds is 4. The molecule has 0 radical (unpaired) electrons. The zero-order valence-corrected chi connectivity index (χ0v) is 10.1. The van der Waals surface area contributed by atoms with Crippen LogP contribution in [0, 0.1) is 28.9 Å². The van der Waals surface area contributed by atoms with Gasteiger partial charge >= 0.3 is 5.97 Å². The van der Waals surface area contributed by atoms with E-state index in [-0.39, 0.29) is 5.69 Å². The lowest BCUT2D eigenvalue weighted by atomic mass is 10.1. The van der Waals surface area contributed by atoms with Crippen molar-refractivity contribution in [3.63, 3.8) is 0 Å². The molecule has 1 amide bonds. The van der Waals surface area contributed by atoms with Crippen LogP contribution >= 0.6 is 0 Å². The van der Waals surface area contributed by atoms with Crippen molar-refractivity contribution in [1.82, 2.24) is 0 Å². The van der Waals surface area contributed by atoms with Gasteiger partial charge in [0.2, 0.25) is 5.91 Å². The first kappa shape index (κ1) is 13.0. The molecular formula is C12H12N2O5. The Morgan fingerprint density at radius 3 is 2.63 bits per heavy atom. The number of carboxylic acids is 1. The van der Waals surface area contributed by atoms with E-state index in [1.165, 1.54) is 19.1 Å². The summed E-state index contributed by atoms with van der Waals surface area (Å²) in [6, 6.07) is 4.38.